The standard InChI is InChI=1S/C18H22ClN5O/c1-2-23-7-9-24(10-8-23)18(25)16-12-22-17(13-20-16)21-11-14-5-3-4-6-15(14)19/h3-6,12-13H,2,7-11H2,1H3,(H,21,22). The van der Waals surface area contributed by atoms with Gasteiger partial charge in [0.2, 0.25) is 0 Å². The normalized spacial score (nSPS) is 15.2. The Morgan fingerprint density at radius 3 is 2.56 bits per heavy atom. The zero-order valence-corrected chi connectivity index (χ0v) is 15.0. The summed E-state index contributed by atoms with van der Waals surface area (Å²) in [4.78, 5) is 25.2. The van der Waals surface area contributed by atoms with E-state index in [9.17, 15) is 4.79 Å². The molecule has 1 aliphatic heterocycles. The second kappa shape index (κ2) is 8.27. The fourth-order valence-electron chi connectivity index (χ4n) is 2.79. The van der Waals surface area contributed by atoms with E-state index in [0.717, 1.165) is 38.3 Å². The van der Waals surface area contributed by atoms with E-state index in [1.54, 1.807) is 6.20 Å². The predicted octanol–water partition coefficient (Wildman–Crippen LogP) is 2.52. The molecule has 1 saturated heterocycles. The van der Waals surface area contributed by atoms with Gasteiger partial charge in [-0.2, -0.15) is 0 Å². The van der Waals surface area contributed by atoms with Crippen LogP contribution in [0, 0.1) is 0 Å². The first kappa shape index (κ1) is 17.6. The van der Waals surface area contributed by atoms with Gasteiger partial charge in [0.1, 0.15) is 11.5 Å². The van der Waals surface area contributed by atoms with Gasteiger partial charge in [-0.05, 0) is 18.2 Å². The lowest BCUT2D eigenvalue weighted by Gasteiger charge is -2.33. The molecule has 1 fully saturated rings. The third-order valence-corrected chi connectivity index (χ3v) is 4.76. The number of likely N-dealkylation sites (N-methyl/N-ethyl adjacent to an activating group) is 1. The Bertz CT molecular complexity index is 714. The third kappa shape index (κ3) is 4.46. The predicted molar refractivity (Wildman–Crippen MR) is 98.8 cm³/mol. The number of rotatable bonds is 5. The second-order valence-corrected chi connectivity index (χ2v) is 6.37. The first-order chi connectivity index (χ1) is 12.2. The number of hydrogen-bond acceptors (Lipinski definition) is 5. The van der Waals surface area contributed by atoms with E-state index in [2.05, 4.69) is 27.1 Å². The van der Waals surface area contributed by atoms with E-state index >= 15 is 0 Å². The molecule has 6 nitrogen and oxygen atoms in total. The summed E-state index contributed by atoms with van der Waals surface area (Å²) in [7, 11) is 0. The monoisotopic (exact) mass is 359 g/mol. The van der Waals surface area contributed by atoms with Crippen LogP contribution >= 0.6 is 11.6 Å². The molecule has 0 aliphatic carbocycles. The van der Waals surface area contributed by atoms with E-state index in [0.29, 0.717) is 23.1 Å². The highest BCUT2D eigenvalue weighted by atomic mass is 35.5. The maximum atomic E-state index is 12.5. The average Bonchev–Trinajstić information content (AvgIpc) is 2.67. The van der Waals surface area contributed by atoms with E-state index in [-0.39, 0.29) is 5.91 Å². The van der Waals surface area contributed by atoms with Crippen LogP contribution in [-0.2, 0) is 6.54 Å². The summed E-state index contributed by atoms with van der Waals surface area (Å²) >= 11 is 6.13. The van der Waals surface area contributed by atoms with Crippen LogP contribution in [0.1, 0.15) is 23.0 Å². The van der Waals surface area contributed by atoms with Crippen molar-refractivity contribution in [1.82, 2.24) is 19.8 Å². The summed E-state index contributed by atoms with van der Waals surface area (Å²) in [5.41, 5.74) is 1.37. The number of piperazine rings is 1. The van der Waals surface area contributed by atoms with Gasteiger partial charge in [0.05, 0.1) is 12.4 Å². The van der Waals surface area contributed by atoms with Crippen molar-refractivity contribution >= 4 is 23.3 Å². The Morgan fingerprint density at radius 2 is 1.92 bits per heavy atom. The molecule has 1 aromatic carbocycles. The zero-order valence-electron chi connectivity index (χ0n) is 14.3. The van der Waals surface area contributed by atoms with Crippen LogP contribution in [0.15, 0.2) is 36.7 Å². The molecule has 2 heterocycles. The number of hydrogen-bond donors (Lipinski definition) is 1. The summed E-state index contributed by atoms with van der Waals surface area (Å²) in [6.07, 6.45) is 3.12. The number of carbonyl (C=O) groups is 1. The molecule has 1 N–H and O–H groups in total. The van der Waals surface area contributed by atoms with Gasteiger partial charge in [0, 0.05) is 37.7 Å². The van der Waals surface area contributed by atoms with Crippen LogP contribution in [0.3, 0.4) is 0 Å². The summed E-state index contributed by atoms with van der Waals surface area (Å²) in [6, 6.07) is 7.64. The van der Waals surface area contributed by atoms with Crippen molar-refractivity contribution in [2.75, 3.05) is 38.0 Å². The molecule has 0 bridgehead atoms. The van der Waals surface area contributed by atoms with Crippen LogP contribution in [0.5, 0.6) is 0 Å². The smallest absolute Gasteiger partial charge is 0.274 e. The van der Waals surface area contributed by atoms with Gasteiger partial charge in [-0.15, -0.1) is 0 Å². The zero-order chi connectivity index (χ0) is 17.6. The number of nitrogens with one attached hydrogen (secondary N) is 1. The number of anilines is 1. The third-order valence-electron chi connectivity index (χ3n) is 4.40. The van der Waals surface area contributed by atoms with Crippen molar-refractivity contribution in [3.8, 4) is 0 Å². The molecule has 3 rings (SSSR count). The molecule has 0 atom stereocenters. The lowest BCUT2D eigenvalue weighted by Crippen LogP contribution is -2.48. The van der Waals surface area contributed by atoms with Crippen molar-refractivity contribution in [2.45, 2.75) is 13.5 Å². The first-order valence-electron chi connectivity index (χ1n) is 8.48. The molecule has 2 aromatic rings. The lowest BCUT2D eigenvalue weighted by molar-refractivity contribution is 0.0637. The van der Waals surface area contributed by atoms with Crippen LogP contribution in [0.2, 0.25) is 5.02 Å². The maximum absolute atomic E-state index is 12.5. The van der Waals surface area contributed by atoms with Gasteiger partial charge in [0.15, 0.2) is 0 Å². The number of nitrogens with zero attached hydrogens (tertiary/aromatic N) is 4. The molecule has 25 heavy (non-hydrogen) atoms. The Kier molecular flexibility index (Phi) is 5.83. The van der Waals surface area contributed by atoms with Crippen molar-refractivity contribution in [3.05, 3.63) is 52.9 Å². The molecule has 1 aromatic heterocycles. The quantitative estimate of drug-likeness (QED) is 0.888. The molecular formula is C18H22ClN5O. The number of amides is 1. The topological polar surface area (TPSA) is 61.4 Å². The van der Waals surface area contributed by atoms with E-state index < -0.39 is 0 Å². The number of aromatic nitrogens is 2. The van der Waals surface area contributed by atoms with Crippen molar-refractivity contribution in [1.29, 1.82) is 0 Å². The SMILES string of the molecule is CCN1CCN(C(=O)c2cnc(NCc3ccccc3Cl)cn2)CC1. The van der Waals surface area contributed by atoms with Crippen LogP contribution < -0.4 is 5.32 Å². The van der Waals surface area contributed by atoms with Crippen molar-refractivity contribution in [2.24, 2.45) is 0 Å². The Labute approximate surface area is 152 Å². The largest absolute Gasteiger partial charge is 0.365 e. The Morgan fingerprint density at radius 1 is 1.16 bits per heavy atom. The Hall–Kier alpha value is -2.18. The molecule has 1 amide bonds. The molecule has 0 saturated carbocycles. The fourth-order valence-corrected chi connectivity index (χ4v) is 2.99. The molecule has 0 radical (unpaired) electrons. The molecule has 132 valence electrons. The fraction of sp³-hybridized carbons (Fsp3) is 0.389. The first-order valence-corrected chi connectivity index (χ1v) is 8.86. The minimum Gasteiger partial charge on any atom is -0.365 e. The molecule has 1 aliphatic rings. The van der Waals surface area contributed by atoms with Gasteiger partial charge in [0.25, 0.3) is 5.91 Å². The number of carbonyl (C=O) groups excluding carboxylic acids is 1. The Balaban J connectivity index is 1.57. The number of benzene rings is 1. The highest BCUT2D eigenvalue weighted by Gasteiger charge is 2.22. The summed E-state index contributed by atoms with van der Waals surface area (Å²) in [6.45, 7) is 7.01. The van der Waals surface area contributed by atoms with E-state index in [1.165, 1.54) is 6.20 Å². The summed E-state index contributed by atoms with van der Waals surface area (Å²) < 4.78 is 0. The van der Waals surface area contributed by atoms with E-state index in [1.807, 2.05) is 29.2 Å². The number of halogens is 1. The minimum absolute atomic E-state index is 0.0547. The van der Waals surface area contributed by atoms with Gasteiger partial charge in [-0.25, -0.2) is 9.97 Å². The summed E-state index contributed by atoms with van der Waals surface area (Å²) in [5.74, 6) is 0.563. The average molecular weight is 360 g/mol. The second-order valence-electron chi connectivity index (χ2n) is 5.96. The van der Waals surface area contributed by atoms with Gasteiger partial charge in [-0.1, -0.05) is 36.7 Å². The van der Waals surface area contributed by atoms with Gasteiger partial charge >= 0.3 is 0 Å². The summed E-state index contributed by atoms with van der Waals surface area (Å²) in [5, 5.41) is 3.88. The van der Waals surface area contributed by atoms with Crippen LogP contribution in [0.4, 0.5) is 5.82 Å². The minimum atomic E-state index is -0.0547. The molecule has 0 spiro atoms. The van der Waals surface area contributed by atoms with Crippen LogP contribution in [-0.4, -0.2) is 58.4 Å². The van der Waals surface area contributed by atoms with E-state index in [4.69, 9.17) is 11.6 Å². The molecular weight excluding hydrogens is 338 g/mol. The van der Waals surface area contributed by atoms with Gasteiger partial charge < -0.3 is 15.1 Å². The van der Waals surface area contributed by atoms with Crippen LogP contribution in [0.25, 0.3) is 0 Å². The van der Waals surface area contributed by atoms with Crippen molar-refractivity contribution in [3.63, 3.8) is 0 Å². The maximum Gasteiger partial charge on any atom is 0.274 e. The van der Waals surface area contributed by atoms with Crippen molar-refractivity contribution < 1.29 is 4.79 Å². The highest BCUT2D eigenvalue weighted by molar-refractivity contribution is 6.31. The highest BCUT2D eigenvalue weighted by Crippen LogP contribution is 2.16. The lowest BCUT2D eigenvalue weighted by atomic mass is 10.2. The molecule has 7 heteroatoms. The molecule has 0 unspecified atom stereocenters. The van der Waals surface area contributed by atoms with Gasteiger partial charge in [-0.3, -0.25) is 4.79 Å².